The number of morpholine rings is 1. The molecule has 1 aliphatic heterocycles. The fraction of sp³-hybridized carbons (Fsp3) is 0.500. The van der Waals surface area contributed by atoms with Crippen molar-refractivity contribution in [2.75, 3.05) is 32.8 Å². The average molecular weight is 316 g/mol. The molecule has 5 heteroatoms. The van der Waals surface area contributed by atoms with E-state index in [-0.39, 0.29) is 5.91 Å². The van der Waals surface area contributed by atoms with Gasteiger partial charge in [-0.2, -0.15) is 0 Å². The second kappa shape index (κ2) is 7.15. The minimum Gasteiger partial charge on any atom is -0.464 e. The largest absolute Gasteiger partial charge is 0.464 e. The first-order valence-corrected chi connectivity index (χ1v) is 8.18. The molecule has 1 atom stereocenters. The van der Waals surface area contributed by atoms with Crippen LogP contribution in [0.4, 0.5) is 0 Å². The van der Waals surface area contributed by atoms with E-state index in [1.165, 1.54) is 0 Å². The van der Waals surface area contributed by atoms with Crippen LogP contribution in [0.5, 0.6) is 0 Å². The number of nitrogens with zero attached hydrogens (tertiary/aromatic N) is 1. The fourth-order valence-corrected chi connectivity index (χ4v) is 2.97. The zero-order valence-electron chi connectivity index (χ0n) is 13.8. The second-order valence-electron chi connectivity index (χ2n) is 6.24. The number of ether oxygens (including phenoxy) is 1. The van der Waals surface area contributed by atoms with E-state index >= 15 is 0 Å². The SMILES string of the molecule is Cc1ccc2c(CC(=O)NCC(C)N3CCOCC3)coc2c1. The third kappa shape index (κ3) is 3.92. The number of hydrogen-bond acceptors (Lipinski definition) is 4. The van der Waals surface area contributed by atoms with Gasteiger partial charge in [0.25, 0.3) is 0 Å². The normalized spacial score (nSPS) is 17.3. The van der Waals surface area contributed by atoms with Crippen LogP contribution in [-0.2, 0) is 16.0 Å². The van der Waals surface area contributed by atoms with E-state index in [0.717, 1.165) is 48.4 Å². The zero-order chi connectivity index (χ0) is 16.2. The maximum Gasteiger partial charge on any atom is 0.224 e. The number of furan rings is 1. The van der Waals surface area contributed by atoms with Gasteiger partial charge in [0.1, 0.15) is 5.58 Å². The summed E-state index contributed by atoms with van der Waals surface area (Å²) in [6.45, 7) is 8.25. The Morgan fingerprint density at radius 1 is 1.35 bits per heavy atom. The zero-order valence-corrected chi connectivity index (χ0v) is 13.8. The Morgan fingerprint density at radius 2 is 2.13 bits per heavy atom. The van der Waals surface area contributed by atoms with Gasteiger partial charge in [0.15, 0.2) is 0 Å². The van der Waals surface area contributed by atoms with Crippen molar-refractivity contribution < 1.29 is 13.9 Å². The van der Waals surface area contributed by atoms with Gasteiger partial charge in [0, 0.05) is 36.6 Å². The summed E-state index contributed by atoms with van der Waals surface area (Å²) in [5, 5.41) is 4.05. The standard InChI is InChI=1S/C18H24N2O3/c1-13-3-4-16-15(12-23-17(16)9-13)10-18(21)19-11-14(2)20-5-7-22-8-6-20/h3-4,9,12,14H,5-8,10-11H2,1-2H3,(H,19,21). The molecule has 23 heavy (non-hydrogen) atoms. The van der Waals surface area contributed by atoms with Gasteiger partial charge in [-0.25, -0.2) is 0 Å². The number of hydrogen-bond donors (Lipinski definition) is 1. The molecule has 1 aliphatic rings. The Balaban J connectivity index is 1.54. The first kappa shape index (κ1) is 16.0. The molecular formula is C18H24N2O3. The molecular weight excluding hydrogens is 292 g/mol. The summed E-state index contributed by atoms with van der Waals surface area (Å²) in [7, 11) is 0. The maximum atomic E-state index is 12.2. The predicted molar refractivity (Wildman–Crippen MR) is 89.5 cm³/mol. The average Bonchev–Trinajstić information content (AvgIpc) is 2.95. The van der Waals surface area contributed by atoms with Gasteiger partial charge in [-0.05, 0) is 25.5 Å². The van der Waals surface area contributed by atoms with Crippen LogP contribution in [0.3, 0.4) is 0 Å². The van der Waals surface area contributed by atoms with Crippen molar-refractivity contribution in [2.24, 2.45) is 0 Å². The molecule has 0 saturated carbocycles. The molecule has 1 aromatic heterocycles. The summed E-state index contributed by atoms with van der Waals surface area (Å²) in [4.78, 5) is 14.6. The van der Waals surface area contributed by atoms with Crippen molar-refractivity contribution in [3.05, 3.63) is 35.6 Å². The molecule has 0 bridgehead atoms. The molecule has 1 saturated heterocycles. The molecule has 1 amide bonds. The maximum absolute atomic E-state index is 12.2. The number of nitrogens with one attached hydrogen (secondary N) is 1. The minimum absolute atomic E-state index is 0.0355. The van der Waals surface area contributed by atoms with Crippen molar-refractivity contribution in [3.63, 3.8) is 0 Å². The molecule has 124 valence electrons. The lowest BCUT2D eigenvalue weighted by Gasteiger charge is -2.32. The topological polar surface area (TPSA) is 54.7 Å². The number of rotatable bonds is 5. The number of benzene rings is 1. The summed E-state index contributed by atoms with van der Waals surface area (Å²) in [6.07, 6.45) is 2.04. The Hall–Kier alpha value is -1.85. The Labute approximate surface area is 136 Å². The first-order chi connectivity index (χ1) is 11.1. The summed E-state index contributed by atoms with van der Waals surface area (Å²) >= 11 is 0. The van der Waals surface area contributed by atoms with Crippen LogP contribution >= 0.6 is 0 Å². The van der Waals surface area contributed by atoms with Crippen molar-refractivity contribution in [1.29, 1.82) is 0 Å². The van der Waals surface area contributed by atoms with Crippen molar-refractivity contribution in [3.8, 4) is 0 Å². The first-order valence-electron chi connectivity index (χ1n) is 8.18. The van der Waals surface area contributed by atoms with Gasteiger partial charge in [-0.15, -0.1) is 0 Å². The lowest BCUT2D eigenvalue weighted by Crippen LogP contribution is -2.47. The molecule has 1 unspecified atom stereocenters. The molecule has 2 aromatic rings. The second-order valence-corrected chi connectivity index (χ2v) is 6.24. The Morgan fingerprint density at radius 3 is 2.91 bits per heavy atom. The van der Waals surface area contributed by atoms with E-state index in [0.29, 0.717) is 19.0 Å². The van der Waals surface area contributed by atoms with Crippen LogP contribution < -0.4 is 5.32 Å². The molecule has 2 heterocycles. The van der Waals surface area contributed by atoms with Gasteiger partial charge in [-0.3, -0.25) is 9.69 Å². The van der Waals surface area contributed by atoms with Crippen molar-refractivity contribution in [2.45, 2.75) is 26.3 Å². The van der Waals surface area contributed by atoms with Gasteiger partial charge in [0.2, 0.25) is 5.91 Å². The summed E-state index contributed by atoms with van der Waals surface area (Å²) in [6, 6.07) is 6.39. The van der Waals surface area contributed by atoms with Crippen LogP contribution in [0.15, 0.2) is 28.9 Å². The lowest BCUT2D eigenvalue weighted by atomic mass is 10.1. The number of fused-ring (bicyclic) bond motifs is 1. The van der Waals surface area contributed by atoms with Crippen molar-refractivity contribution >= 4 is 16.9 Å². The molecule has 3 rings (SSSR count). The highest BCUT2D eigenvalue weighted by molar-refractivity contribution is 5.87. The van der Waals surface area contributed by atoms with E-state index < -0.39 is 0 Å². The van der Waals surface area contributed by atoms with Crippen LogP contribution in [0.2, 0.25) is 0 Å². The Bertz CT molecular complexity index is 674. The molecule has 0 spiro atoms. The molecule has 1 aromatic carbocycles. The predicted octanol–water partition coefficient (Wildman–Crippen LogP) is 2.12. The van der Waals surface area contributed by atoms with E-state index in [1.54, 1.807) is 6.26 Å². The number of carbonyl (C=O) groups excluding carboxylic acids is 1. The number of carbonyl (C=O) groups is 1. The highest BCUT2D eigenvalue weighted by Gasteiger charge is 2.18. The third-order valence-electron chi connectivity index (χ3n) is 4.43. The summed E-state index contributed by atoms with van der Waals surface area (Å²) in [5.74, 6) is 0.0355. The van der Waals surface area contributed by atoms with E-state index in [4.69, 9.17) is 9.15 Å². The van der Waals surface area contributed by atoms with Gasteiger partial charge in [-0.1, -0.05) is 12.1 Å². The van der Waals surface area contributed by atoms with Crippen LogP contribution in [0, 0.1) is 6.92 Å². The summed E-state index contributed by atoms with van der Waals surface area (Å²) in [5.41, 5.74) is 2.94. The molecule has 1 N–H and O–H groups in total. The molecule has 5 nitrogen and oxygen atoms in total. The molecule has 0 aliphatic carbocycles. The smallest absolute Gasteiger partial charge is 0.224 e. The third-order valence-corrected chi connectivity index (χ3v) is 4.43. The summed E-state index contributed by atoms with van der Waals surface area (Å²) < 4.78 is 10.9. The van der Waals surface area contributed by atoms with Crippen LogP contribution in [0.25, 0.3) is 11.0 Å². The van der Waals surface area contributed by atoms with Gasteiger partial charge >= 0.3 is 0 Å². The number of aryl methyl sites for hydroxylation is 1. The van der Waals surface area contributed by atoms with E-state index in [1.807, 2.05) is 25.1 Å². The fourth-order valence-electron chi connectivity index (χ4n) is 2.97. The van der Waals surface area contributed by atoms with E-state index in [2.05, 4.69) is 17.1 Å². The van der Waals surface area contributed by atoms with Gasteiger partial charge < -0.3 is 14.5 Å². The van der Waals surface area contributed by atoms with Gasteiger partial charge in [0.05, 0.1) is 25.9 Å². The monoisotopic (exact) mass is 316 g/mol. The van der Waals surface area contributed by atoms with Crippen LogP contribution in [0.1, 0.15) is 18.1 Å². The highest BCUT2D eigenvalue weighted by atomic mass is 16.5. The van der Waals surface area contributed by atoms with Crippen LogP contribution in [-0.4, -0.2) is 49.7 Å². The minimum atomic E-state index is 0.0355. The highest BCUT2D eigenvalue weighted by Crippen LogP contribution is 2.22. The molecule has 1 fully saturated rings. The number of amides is 1. The van der Waals surface area contributed by atoms with E-state index in [9.17, 15) is 4.79 Å². The quantitative estimate of drug-likeness (QED) is 0.918. The van der Waals surface area contributed by atoms with Crippen molar-refractivity contribution in [1.82, 2.24) is 10.2 Å². The Kier molecular flexibility index (Phi) is 4.98. The lowest BCUT2D eigenvalue weighted by molar-refractivity contribution is -0.120. The molecule has 0 radical (unpaired) electrons.